The molecule has 22 heavy (non-hydrogen) atoms. The number of hydrogen-bond acceptors (Lipinski definition) is 2. The number of carbonyl (C=O) groups is 1. The first-order chi connectivity index (χ1) is 10.6. The molecule has 116 valence electrons. The fraction of sp³-hybridized carbons (Fsp3) is 0.235. The average Bonchev–Trinajstić information content (AvgIpc) is 2.54. The molecule has 0 aliphatic carbocycles. The van der Waals surface area contributed by atoms with Gasteiger partial charge in [0.25, 0.3) is 0 Å². The van der Waals surface area contributed by atoms with Crippen LogP contribution in [0.3, 0.4) is 0 Å². The largest absolute Gasteiger partial charge is 0.388 e. The molecule has 3 N–H and O–H groups in total. The number of rotatable bonds is 6. The van der Waals surface area contributed by atoms with Crippen molar-refractivity contribution in [1.29, 1.82) is 0 Å². The van der Waals surface area contributed by atoms with E-state index in [2.05, 4.69) is 10.6 Å². The zero-order chi connectivity index (χ0) is 15.8. The second-order valence-electron chi connectivity index (χ2n) is 4.95. The molecular formula is C17H19FN2O2. The highest BCUT2D eigenvalue weighted by atomic mass is 19.1. The van der Waals surface area contributed by atoms with Crippen molar-refractivity contribution in [3.63, 3.8) is 0 Å². The van der Waals surface area contributed by atoms with Crippen molar-refractivity contribution in [3.8, 4) is 0 Å². The van der Waals surface area contributed by atoms with Gasteiger partial charge in [0.2, 0.25) is 0 Å². The van der Waals surface area contributed by atoms with Gasteiger partial charge in [0, 0.05) is 13.1 Å². The lowest BCUT2D eigenvalue weighted by atomic mass is 10.1. The highest BCUT2D eigenvalue weighted by Crippen LogP contribution is 2.16. The molecule has 4 nitrogen and oxygen atoms in total. The van der Waals surface area contributed by atoms with Crippen molar-refractivity contribution < 1.29 is 14.3 Å². The number of halogens is 1. The van der Waals surface area contributed by atoms with Gasteiger partial charge >= 0.3 is 6.03 Å². The minimum Gasteiger partial charge on any atom is -0.388 e. The van der Waals surface area contributed by atoms with Crippen LogP contribution in [0, 0.1) is 5.82 Å². The molecule has 0 radical (unpaired) electrons. The third-order valence-electron chi connectivity index (χ3n) is 3.25. The smallest absolute Gasteiger partial charge is 0.315 e. The molecule has 0 aliphatic rings. The number of nitrogens with one attached hydrogen (secondary N) is 2. The van der Waals surface area contributed by atoms with Crippen LogP contribution in [0.25, 0.3) is 0 Å². The third kappa shape index (κ3) is 5.18. The summed E-state index contributed by atoms with van der Waals surface area (Å²) in [5.74, 6) is -0.339. The van der Waals surface area contributed by atoms with E-state index in [1.807, 2.05) is 30.3 Å². The Morgan fingerprint density at radius 1 is 1.05 bits per heavy atom. The molecule has 2 rings (SSSR count). The Hall–Kier alpha value is -2.40. The maximum Gasteiger partial charge on any atom is 0.315 e. The Bertz CT molecular complexity index is 587. The maximum absolute atomic E-state index is 12.8. The van der Waals surface area contributed by atoms with Crippen LogP contribution in [0.5, 0.6) is 0 Å². The van der Waals surface area contributed by atoms with Crippen LogP contribution in [-0.2, 0) is 6.54 Å². The van der Waals surface area contributed by atoms with Crippen LogP contribution in [0.4, 0.5) is 9.18 Å². The van der Waals surface area contributed by atoms with Crippen LogP contribution in [-0.4, -0.2) is 17.7 Å². The van der Waals surface area contributed by atoms with Gasteiger partial charge in [-0.1, -0.05) is 42.5 Å². The van der Waals surface area contributed by atoms with Crippen molar-refractivity contribution in [2.24, 2.45) is 0 Å². The molecule has 0 saturated carbocycles. The van der Waals surface area contributed by atoms with E-state index in [1.165, 1.54) is 24.3 Å². The van der Waals surface area contributed by atoms with E-state index >= 15 is 0 Å². The van der Waals surface area contributed by atoms with Gasteiger partial charge in [0.05, 0.1) is 6.10 Å². The second-order valence-corrected chi connectivity index (χ2v) is 4.95. The van der Waals surface area contributed by atoms with Crippen LogP contribution in [0.15, 0.2) is 54.6 Å². The number of hydrogen-bond donors (Lipinski definition) is 3. The van der Waals surface area contributed by atoms with Crippen LogP contribution in [0.1, 0.15) is 23.7 Å². The van der Waals surface area contributed by atoms with Crippen molar-refractivity contribution in [3.05, 3.63) is 71.5 Å². The molecule has 5 heteroatoms. The van der Waals surface area contributed by atoms with E-state index in [-0.39, 0.29) is 11.8 Å². The molecule has 2 aromatic rings. The van der Waals surface area contributed by atoms with E-state index in [1.54, 1.807) is 0 Å². The van der Waals surface area contributed by atoms with Gasteiger partial charge in [-0.25, -0.2) is 9.18 Å². The summed E-state index contributed by atoms with van der Waals surface area (Å²) in [5.41, 5.74) is 1.65. The average molecular weight is 302 g/mol. The van der Waals surface area contributed by atoms with Gasteiger partial charge in [-0.05, 0) is 29.7 Å². The molecule has 0 aromatic heterocycles. The fourth-order valence-electron chi connectivity index (χ4n) is 2.01. The number of aliphatic hydroxyl groups is 1. The number of carbonyl (C=O) groups excluding carboxylic acids is 1. The Morgan fingerprint density at radius 2 is 1.73 bits per heavy atom. The van der Waals surface area contributed by atoms with E-state index in [0.717, 1.165) is 5.56 Å². The van der Waals surface area contributed by atoms with E-state index < -0.39 is 6.10 Å². The molecule has 1 atom stereocenters. The fourth-order valence-corrected chi connectivity index (χ4v) is 2.01. The lowest BCUT2D eigenvalue weighted by molar-refractivity contribution is 0.166. The minimum absolute atomic E-state index is 0.282. The van der Waals surface area contributed by atoms with Crippen LogP contribution < -0.4 is 10.6 Å². The number of urea groups is 1. The molecular weight excluding hydrogens is 283 g/mol. The summed E-state index contributed by atoms with van der Waals surface area (Å²) in [4.78, 5) is 11.6. The summed E-state index contributed by atoms with van der Waals surface area (Å²) in [5, 5.41) is 15.4. The summed E-state index contributed by atoms with van der Waals surface area (Å²) in [6.07, 6.45) is -0.361. The highest BCUT2D eigenvalue weighted by molar-refractivity contribution is 5.73. The van der Waals surface area contributed by atoms with Gasteiger partial charge in [-0.15, -0.1) is 0 Å². The van der Waals surface area contributed by atoms with Crippen LogP contribution in [0.2, 0.25) is 0 Å². The second kappa shape index (κ2) is 8.14. The normalized spacial score (nSPS) is 11.7. The quantitative estimate of drug-likeness (QED) is 0.768. The topological polar surface area (TPSA) is 61.4 Å². The molecule has 0 heterocycles. The third-order valence-corrected chi connectivity index (χ3v) is 3.25. The van der Waals surface area contributed by atoms with Gasteiger partial charge in [-0.2, -0.15) is 0 Å². The molecule has 0 bridgehead atoms. The molecule has 2 aromatic carbocycles. The van der Waals surface area contributed by atoms with Gasteiger partial charge in [-0.3, -0.25) is 0 Å². The monoisotopic (exact) mass is 302 g/mol. The maximum atomic E-state index is 12.8. The summed E-state index contributed by atoms with van der Waals surface area (Å²) < 4.78 is 12.8. The molecule has 0 fully saturated rings. The first-order valence-corrected chi connectivity index (χ1v) is 7.14. The van der Waals surface area contributed by atoms with Gasteiger partial charge in [0.1, 0.15) is 5.82 Å². The summed E-state index contributed by atoms with van der Waals surface area (Å²) in [7, 11) is 0. The number of benzene rings is 2. The SMILES string of the molecule is O=C(NCCC(O)c1ccc(F)cc1)NCc1ccccc1. The number of amides is 2. The zero-order valence-corrected chi connectivity index (χ0v) is 12.1. The highest BCUT2D eigenvalue weighted by Gasteiger charge is 2.08. The number of aliphatic hydroxyl groups excluding tert-OH is 1. The molecule has 1 unspecified atom stereocenters. The van der Waals surface area contributed by atoms with Crippen LogP contribution >= 0.6 is 0 Å². The Balaban J connectivity index is 1.67. The Kier molecular flexibility index (Phi) is 5.91. The first kappa shape index (κ1) is 16.0. The van der Waals surface area contributed by atoms with Gasteiger partial charge in [0.15, 0.2) is 0 Å². The summed E-state index contributed by atoms with van der Waals surface area (Å²) >= 11 is 0. The summed E-state index contributed by atoms with van der Waals surface area (Å²) in [6, 6.07) is 15.0. The van der Waals surface area contributed by atoms with Crippen molar-refractivity contribution >= 4 is 6.03 Å². The Morgan fingerprint density at radius 3 is 2.41 bits per heavy atom. The zero-order valence-electron chi connectivity index (χ0n) is 12.1. The lowest BCUT2D eigenvalue weighted by Gasteiger charge is -2.12. The summed E-state index contributed by atoms with van der Waals surface area (Å²) in [6.45, 7) is 0.784. The lowest BCUT2D eigenvalue weighted by Crippen LogP contribution is -2.36. The van der Waals surface area contributed by atoms with Crippen molar-refractivity contribution in [2.45, 2.75) is 19.1 Å². The predicted molar refractivity (Wildman–Crippen MR) is 82.7 cm³/mol. The Labute approximate surface area is 129 Å². The molecule has 2 amide bonds. The molecule has 0 spiro atoms. The molecule has 0 aliphatic heterocycles. The minimum atomic E-state index is -0.727. The van der Waals surface area contributed by atoms with Crippen molar-refractivity contribution in [1.82, 2.24) is 10.6 Å². The predicted octanol–water partition coefficient (Wildman–Crippen LogP) is 2.75. The molecule has 0 saturated heterocycles. The van der Waals surface area contributed by atoms with Crippen molar-refractivity contribution in [2.75, 3.05) is 6.54 Å². The van der Waals surface area contributed by atoms with E-state index in [4.69, 9.17) is 0 Å². The van der Waals surface area contributed by atoms with E-state index in [9.17, 15) is 14.3 Å². The standard InChI is InChI=1S/C17H19FN2O2/c18-15-8-6-14(7-9-15)16(21)10-11-19-17(22)20-12-13-4-2-1-3-5-13/h1-9,16,21H,10-12H2,(H2,19,20,22). The first-order valence-electron chi connectivity index (χ1n) is 7.14. The van der Waals surface area contributed by atoms with E-state index in [0.29, 0.717) is 25.1 Å². The van der Waals surface area contributed by atoms with Gasteiger partial charge < -0.3 is 15.7 Å².